The molecule has 0 bridgehead atoms. The Bertz CT molecular complexity index is 351. The van der Waals surface area contributed by atoms with E-state index in [0.29, 0.717) is 0 Å². The van der Waals surface area contributed by atoms with Crippen molar-refractivity contribution in [2.45, 2.75) is 58.0 Å². The van der Waals surface area contributed by atoms with Crippen LogP contribution in [0.15, 0.2) is 0 Å². The molecule has 0 aliphatic carbocycles. The maximum Gasteiger partial charge on any atom is 0.229 e. The average molecular weight is 253 g/mol. The fraction of sp³-hybridized carbons (Fsp3) is 0.769. The van der Waals surface area contributed by atoms with Gasteiger partial charge in [0.25, 0.3) is 0 Å². The van der Waals surface area contributed by atoms with Gasteiger partial charge in [-0.3, -0.25) is 4.79 Å². The molecule has 0 aromatic carbocycles. The summed E-state index contributed by atoms with van der Waals surface area (Å²) in [6.07, 6.45) is 5.26. The van der Waals surface area contributed by atoms with E-state index in [1.807, 2.05) is 6.92 Å². The highest BCUT2D eigenvalue weighted by Crippen LogP contribution is 2.38. The van der Waals surface area contributed by atoms with Gasteiger partial charge in [-0.25, -0.2) is 0 Å². The molecule has 0 saturated carbocycles. The zero-order chi connectivity index (χ0) is 13.4. The van der Waals surface area contributed by atoms with Crippen molar-refractivity contribution in [3.63, 3.8) is 0 Å². The lowest BCUT2D eigenvalue weighted by Gasteiger charge is -2.43. The van der Waals surface area contributed by atoms with E-state index in [0.717, 1.165) is 0 Å². The van der Waals surface area contributed by atoms with E-state index in [4.69, 9.17) is 10.8 Å². The first kappa shape index (κ1) is 14.3. The number of hydrogen-bond donors (Lipinski definition) is 1. The van der Waals surface area contributed by atoms with Crippen LogP contribution in [-0.2, 0) is 9.22 Å². The van der Waals surface area contributed by atoms with Gasteiger partial charge >= 0.3 is 0 Å². The van der Waals surface area contributed by atoms with Crippen molar-refractivity contribution in [2.24, 2.45) is 5.92 Å². The van der Waals surface area contributed by atoms with Crippen molar-refractivity contribution in [3.05, 3.63) is 0 Å². The van der Waals surface area contributed by atoms with E-state index in [9.17, 15) is 4.79 Å². The maximum atomic E-state index is 11.5. The van der Waals surface area contributed by atoms with E-state index >= 15 is 0 Å². The monoisotopic (exact) mass is 253 g/mol. The quantitative estimate of drug-likeness (QED) is 0.475. The first-order chi connectivity index (χ1) is 7.60. The Morgan fingerprint density at radius 1 is 1.47 bits per heavy atom. The Labute approximate surface area is 105 Å². The Balaban J connectivity index is 2.70. The summed E-state index contributed by atoms with van der Waals surface area (Å²) in [5.41, 5.74) is 0. The lowest BCUT2D eigenvalue weighted by molar-refractivity contribution is -0.137. The number of nitrogens with one attached hydrogen (secondary N) is 1. The van der Waals surface area contributed by atoms with E-state index in [2.05, 4.69) is 45.1 Å². The van der Waals surface area contributed by atoms with Gasteiger partial charge in [0.1, 0.15) is 6.04 Å². The fourth-order valence-corrected chi connectivity index (χ4v) is 3.17. The topological polar surface area (TPSA) is 38.3 Å². The molecule has 1 amide bonds. The highest BCUT2D eigenvalue weighted by atomic mass is 28.4. The molecule has 1 fully saturated rings. The predicted octanol–water partition coefficient (Wildman–Crippen LogP) is 2.14. The van der Waals surface area contributed by atoms with E-state index in [1.54, 1.807) is 0 Å². The van der Waals surface area contributed by atoms with E-state index in [-0.39, 0.29) is 29.0 Å². The van der Waals surface area contributed by atoms with Crippen LogP contribution in [0.3, 0.4) is 0 Å². The highest BCUT2D eigenvalue weighted by Gasteiger charge is 2.46. The SMILES string of the molecule is C#C[C@@H]1NC(=O)[C@@H]1[C@@H](C)O[Si](C)(C)C(C)(C)C. The summed E-state index contributed by atoms with van der Waals surface area (Å²) in [5, 5.41) is 2.85. The molecule has 0 aromatic heterocycles. The maximum absolute atomic E-state index is 11.5. The molecule has 1 rings (SSSR count). The molecule has 0 radical (unpaired) electrons. The third kappa shape index (κ3) is 2.72. The van der Waals surface area contributed by atoms with Crippen LogP contribution in [-0.4, -0.2) is 26.4 Å². The van der Waals surface area contributed by atoms with Gasteiger partial charge in [-0.1, -0.05) is 26.7 Å². The summed E-state index contributed by atoms with van der Waals surface area (Å²) >= 11 is 0. The summed E-state index contributed by atoms with van der Waals surface area (Å²) in [6, 6.07) is -0.165. The predicted molar refractivity (Wildman–Crippen MR) is 72.0 cm³/mol. The molecule has 1 aliphatic rings. The summed E-state index contributed by atoms with van der Waals surface area (Å²) in [6.45, 7) is 12.9. The molecular weight excluding hydrogens is 230 g/mol. The van der Waals surface area contributed by atoms with Crippen molar-refractivity contribution < 1.29 is 9.22 Å². The zero-order valence-corrected chi connectivity index (χ0v) is 12.6. The Hall–Kier alpha value is -0.793. The molecule has 0 spiro atoms. The number of rotatable bonds is 3. The van der Waals surface area contributed by atoms with Crippen LogP contribution in [0.25, 0.3) is 0 Å². The molecule has 0 unspecified atom stereocenters. The third-order valence-corrected chi connectivity index (χ3v) is 8.51. The van der Waals surface area contributed by atoms with Crippen LogP contribution >= 0.6 is 0 Å². The molecule has 0 aromatic rings. The first-order valence-corrected chi connectivity index (χ1v) is 8.95. The van der Waals surface area contributed by atoms with Gasteiger partial charge in [0, 0.05) is 0 Å². The van der Waals surface area contributed by atoms with Gasteiger partial charge in [0.2, 0.25) is 5.91 Å². The molecule has 17 heavy (non-hydrogen) atoms. The van der Waals surface area contributed by atoms with Crippen molar-refractivity contribution in [2.75, 3.05) is 0 Å². The van der Waals surface area contributed by atoms with Crippen LogP contribution in [0.2, 0.25) is 18.1 Å². The minimum absolute atomic E-state index is 0.0131. The molecule has 1 aliphatic heterocycles. The summed E-state index contributed by atoms with van der Waals surface area (Å²) in [5.74, 6) is 2.42. The summed E-state index contributed by atoms with van der Waals surface area (Å²) in [7, 11) is -1.83. The van der Waals surface area contributed by atoms with Crippen molar-refractivity contribution in [1.82, 2.24) is 5.32 Å². The molecule has 1 saturated heterocycles. The largest absolute Gasteiger partial charge is 0.413 e. The standard InChI is InChI=1S/C13H23NO2Si/c1-8-10-11(12(15)14-10)9(2)16-17(6,7)13(3,4)5/h1,9-11H,2-7H3,(H,14,15)/t9-,10+,11-/m1/s1. The number of amides is 1. The smallest absolute Gasteiger partial charge is 0.229 e. The molecule has 3 atom stereocenters. The van der Waals surface area contributed by atoms with Gasteiger partial charge in [0.05, 0.1) is 12.0 Å². The Morgan fingerprint density at radius 2 is 2.00 bits per heavy atom. The number of carbonyl (C=O) groups excluding carboxylic acids is 1. The minimum atomic E-state index is -1.83. The lowest BCUT2D eigenvalue weighted by Crippen LogP contribution is -2.63. The van der Waals surface area contributed by atoms with E-state index in [1.165, 1.54) is 0 Å². The van der Waals surface area contributed by atoms with Gasteiger partial charge in [-0.15, -0.1) is 6.42 Å². The van der Waals surface area contributed by atoms with Crippen molar-refractivity contribution >= 4 is 14.2 Å². The zero-order valence-electron chi connectivity index (χ0n) is 11.6. The number of hydrogen-bond acceptors (Lipinski definition) is 2. The molecule has 4 heteroatoms. The first-order valence-electron chi connectivity index (χ1n) is 6.04. The Morgan fingerprint density at radius 3 is 2.35 bits per heavy atom. The van der Waals surface area contributed by atoms with Gasteiger partial charge in [-0.05, 0) is 25.1 Å². The fourth-order valence-electron chi connectivity index (χ4n) is 1.74. The van der Waals surface area contributed by atoms with Crippen molar-refractivity contribution in [3.8, 4) is 12.3 Å². The van der Waals surface area contributed by atoms with E-state index < -0.39 is 8.32 Å². The number of carbonyl (C=O) groups is 1. The molecular formula is C13H23NO2Si. The average Bonchev–Trinajstić information content (AvgIpc) is 2.10. The molecule has 3 nitrogen and oxygen atoms in total. The van der Waals surface area contributed by atoms with Gasteiger partial charge in [-0.2, -0.15) is 0 Å². The highest BCUT2D eigenvalue weighted by molar-refractivity contribution is 6.74. The second-order valence-electron chi connectivity index (χ2n) is 6.26. The normalized spacial score (nSPS) is 26.8. The summed E-state index contributed by atoms with van der Waals surface area (Å²) < 4.78 is 6.19. The number of β-lactam (4-membered cyclic amide) rings is 1. The second-order valence-corrected chi connectivity index (χ2v) is 11.0. The van der Waals surface area contributed by atoms with Crippen LogP contribution in [0.1, 0.15) is 27.7 Å². The van der Waals surface area contributed by atoms with Crippen LogP contribution in [0.4, 0.5) is 0 Å². The minimum Gasteiger partial charge on any atom is -0.413 e. The molecule has 1 N–H and O–H groups in total. The molecule has 96 valence electrons. The van der Waals surface area contributed by atoms with Gasteiger partial charge in [0.15, 0.2) is 8.32 Å². The third-order valence-electron chi connectivity index (χ3n) is 3.93. The van der Waals surface area contributed by atoms with Gasteiger partial charge < -0.3 is 9.74 Å². The summed E-state index contributed by atoms with van der Waals surface area (Å²) in [4.78, 5) is 11.5. The van der Waals surface area contributed by atoms with Crippen LogP contribution in [0.5, 0.6) is 0 Å². The second kappa shape index (κ2) is 4.47. The Kier molecular flexibility index (Phi) is 3.75. The van der Waals surface area contributed by atoms with Crippen LogP contribution < -0.4 is 5.32 Å². The molecule has 1 heterocycles. The lowest BCUT2D eigenvalue weighted by atomic mass is 9.87. The number of terminal acetylenes is 1. The van der Waals surface area contributed by atoms with Crippen LogP contribution in [0, 0.1) is 18.3 Å². The van der Waals surface area contributed by atoms with Crippen molar-refractivity contribution in [1.29, 1.82) is 0 Å².